The lowest BCUT2D eigenvalue weighted by Gasteiger charge is -2.14. The van der Waals surface area contributed by atoms with Gasteiger partial charge in [-0.25, -0.2) is 13.1 Å². The average Bonchev–Trinajstić information content (AvgIpc) is 3.27. The molecule has 0 fully saturated rings. The van der Waals surface area contributed by atoms with Gasteiger partial charge in [0.15, 0.2) is 9.84 Å². The number of nitrogens with one attached hydrogen (secondary N) is 1. The smallest absolute Gasteiger partial charge is 0.269 e. The number of non-ortho nitro benzene ring substituents is 1. The van der Waals surface area contributed by atoms with Crippen LogP contribution in [0, 0.1) is 10.1 Å². The second kappa shape index (κ2) is 9.58. The third kappa shape index (κ3) is 5.22. The Kier molecular flexibility index (Phi) is 6.58. The summed E-state index contributed by atoms with van der Waals surface area (Å²) in [5, 5.41) is 19.3. The molecule has 8 nitrogen and oxygen atoms in total. The third-order valence-corrected chi connectivity index (χ3v) is 6.70. The minimum Gasteiger partial charge on any atom is -0.306 e. The summed E-state index contributed by atoms with van der Waals surface area (Å²) in [4.78, 5) is 10.9. The summed E-state index contributed by atoms with van der Waals surface area (Å²) in [5.74, 6) is 0. The number of nitro benzene ring substituents is 1. The zero-order valence-corrected chi connectivity index (χ0v) is 19.6. The number of sulfone groups is 1. The van der Waals surface area contributed by atoms with Crippen LogP contribution in [0.25, 0.3) is 16.9 Å². The molecule has 1 N–H and O–H groups in total. The fourth-order valence-electron chi connectivity index (χ4n) is 3.62. The summed E-state index contributed by atoms with van der Waals surface area (Å²) in [7, 11) is -3.24. The van der Waals surface area contributed by atoms with Gasteiger partial charge in [0.25, 0.3) is 5.69 Å². The summed E-state index contributed by atoms with van der Waals surface area (Å²) in [5.41, 5.74) is 4.32. The predicted molar refractivity (Wildman–Crippen MR) is 130 cm³/mol. The number of aromatic nitrogens is 2. The predicted octanol–water partition coefficient (Wildman–Crippen LogP) is 4.70. The second-order valence-corrected chi connectivity index (χ2v) is 10.0. The van der Waals surface area contributed by atoms with Crippen molar-refractivity contribution >= 4 is 15.5 Å². The van der Waals surface area contributed by atoms with Crippen molar-refractivity contribution in [2.45, 2.75) is 24.4 Å². The second-order valence-electron chi connectivity index (χ2n) is 8.03. The number of rotatable bonds is 8. The van der Waals surface area contributed by atoms with E-state index < -0.39 is 14.8 Å². The van der Waals surface area contributed by atoms with Crippen LogP contribution in [-0.4, -0.2) is 29.4 Å². The van der Waals surface area contributed by atoms with Gasteiger partial charge in [-0.2, -0.15) is 5.10 Å². The van der Waals surface area contributed by atoms with Gasteiger partial charge < -0.3 is 5.32 Å². The molecule has 0 bridgehead atoms. The van der Waals surface area contributed by atoms with Crippen molar-refractivity contribution in [2.24, 2.45) is 0 Å². The van der Waals surface area contributed by atoms with Crippen molar-refractivity contribution < 1.29 is 13.3 Å². The van der Waals surface area contributed by atoms with Crippen molar-refractivity contribution in [1.82, 2.24) is 15.1 Å². The quantitative estimate of drug-likeness (QED) is 0.292. The molecular weight excluding hydrogens is 452 g/mol. The normalized spacial score (nSPS) is 12.4. The Hall–Kier alpha value is -3.82. The Bertz CT molecular complexity index is 1400. The maximum absolute atomic E-state index is 11.7. The fraction of sp³-hybridized carbons (Fsp3) is 0.160. The molecule has 0 saturated carbocycles. The molecule has 0 spiro atoms. The number of hydrogen-bond donors (Lipinski definition) is 1. The fourth-order valence-corrected chi connectivity index (χ4v) is 4.25. The zero-order valence-electron chi connectivity index (χ0n) is 18.8. The summed E-state index contributed by atoms with van der Waals surface area (Å²) in [6.07, 6.45) is 3.13. The lowest BCUT2D eigenvalue weighted by Crippen LogP contribution is -2.18. The largest absolute Gasteiger partial charge is 0.306 e. The van der Waals surface area contributed by atoms with Gasteiger partial charge in [0.1, 0.15) is 0 Å². The van der Waals surface area contributed by atoms with Crippen LogP contribution in [0.1, 0.15) is 24.1 Å². The SMILES string of the molecule is CC(NCc1cn(-c2ccccc2)nc1-c1ccc([N+](=O)[O-])cc1)c1ccc(S(C)(=O)=O)cc1. The molecule has 4 rings (SSSR count). The van der Waals surface area contributed by atoms with Crippen LogP contribution in [0.4, 0.5) is 5.69 Å². The molecule has 3 aromatic carbocycles. The Morgan fingerprint density at radius 1 is 1.00 bits per heavy atom. The maximum Gasteiger partial charge on any atom is 0.269 e. The molecule has 0 radical (unpaired) electrons. The molecule has 1 atom stereocenters. The molecule has 9 heteroatoms. The van der Waals surface area contributed by atoms with Gasteiger partial charge in [0.05, 0.1) is 21.2 Å². The van der Waals surface area contributed by atoms with E-state index in [2.05, 4.69) is 5.32 Å². The number of nitro groups is 1. The van der Waals surface area contributed by atoms with E-state index >= 15 is 0 Å². The van der Waals surface area contributed by atoms with Gasteiger partial charge in [0, 0.05) is 48.3 Å². The highest BCUT2D eigenvalue weighted by Crippen LogP contribution is 2.27. The van der Waals surface area contributed by atoms with Crippen LogP contribution in [0.15, 0.2) is 90.0 Å². The number of nitrogens with zero attached hydrogens (tertiary/aromatic N) is 3. The van der Waals surface area contributed by atoms with Crippen LogP contribution in [0.3, 0.4) is 0 Å². The molecule has 0 aliphatic rings. The van der Waals surface area contributed by atoms with Crippen LogP contribution in [0.2, 0.25) is 0 Å². The van der Waals surface area contributed by atoms with E-state index in [4.69, 9.17) is 5.10 Å². The van der Waals surface area contributed by atoms with Crippen molar-refractivity contribution in [2.75, 3.05) is 6.26 Å². The molecule has 1 heterocycles. The molecule has 34 heavy (non-hydrogen) atoms. The number of benzene rings is 3. The van der Waals surface area contributed by atoms with Crippen molar-refractivity contribution in [1.29, 1.82) is 0 Å². The standard InChI is InChI=1S/C25H24N4O4S/c1-18(19-10-14-24(15-11-19)34(2,32)33)26-16-21-17-28(22-6-4-3-5-7-22)27-25(21)20-8-12-23(13-9-20)29(30)31/h3-15,17-18,26H,16H2,1-2H3. The van der Waals surface area contributed by atoms with Crippen molar-refractivity contribution in [3.8, 4) is 16.9 Å². The lowest BCUT2D eigenvalue weighted by atomic mass is 10.1. The highest BCUT2D eigenvalue weighted by Gasteiger charge is 2.16. The van der Waals surface area contributed by atoms with E-state index in [9.17, 15) is 18.5 Å². The monoisotopic (exact) mass is 476 g/mol. The third-order valence-electron chi connectivity index (χ3n) is 5.57. The van der Waals surface area contributed by atoms with Crippen LogP contribution in [0.5, 0.6) is 0 Å². The summed E-state index contributed by atoms with van der Waals surface area (Å²) >= 11 is 0. The first-order valence-electron chi connectivity index (χ1n) is 10.6. The average molecular weight is 477 g/mol. The molecule has 0 saturated heterocycles. The van der Waals surface area contributed by atoms with Crippen LogP contribution >= 0.6 is 0 Å². The van der Waals surface area contributed by atoms with Crippen molar-refractivity contribution in [3.63, 3.8) is 0 Å². The first-order valence-corrected chi connectivity index (χ1v) is 12.5. The number of hydrogen-bond acceptors (Lipinski definition) is 6. The summed E-state index contributed by atoms with van der Waals surface area (Å²) < 4.78 is 25.2. The van der Waals surface area contributed by atoms with Gasteiger partial charge >= 0.3 is 0 Å². The van der Waals surface area contributed by atoms with E-state index in [1.165, 1.54) is 18.4 Å². The number of para-hydroxylation sites is 1. The maximum atomic E-state index is 11.7. The Balaban J connectivity index is 1.61. The summed E-state index contributed by atoms with van der Waals surface area (Å²) in [6.45, 7) is 2.50. The van der Waals surface area contributed by atoms with E-state index in [0.717, 1.165) is 28.1 Å². The first-order chi connectivity index (χ1) is 16.2. The molecule has 174 valence electrons. The Labute approximate surface area is 197 Å². The molecule has 1 aromatic heterocycles. The molecule has 4 aromatic rings. The van der Waals surface area contributed by atoms with Crippen LogP contribution in [-0.2, 0) is 16.4 Å². The van der Waals surface area contributed by atoms with E-state index in [1.807, 2.05) is 43.5 Å². The summed E-state index contributed by atoms with van der Waals surface area (Å²) in [6, 6.07) is 22.8. The van der Waals surface area contributed by atoms with E-state index in [1.54, 1.807) is 41.1 Å². The highest BCUT2D eigenvalue weighted by molar-refractivity contribution is 7.90. The first kappa shape index (κ1) is 23.3. The van der Waals surface area contributed by atoms with Gasteiger partial charge in [0.2, 0.25) is 0 Å². The molecule has 1 unspecified atom stereocenters. The molecular formula is C25H24N4O4S. The van der Waals surface area contributed by atoms with Gasteiger partial charge in [-0.1, -0.05) is 30.3 Å². The van der Waals surface area contributed by atoms with Crippen LogP contribution < -0.4 is 5.32 Å². The topological polar surface area (TPSA) is 107 Å². The molecule has 0 aliphatic carbocycles. The lowest BCUT2D eigenvalue weighted by molar-refractivity contribution is -0.384. The van der Waals surface area contributed by atoms with Crippen molar-refractivity contribution in [3.05, 3.63) is 106 Å². The Morgan fingerprint density at radius 3 is 2.24 bits per heavy atom. The highest BCUT2D eigenvalue weighted by atomic mass is 32.2. The minimum absolute atomic E-state index is 0.0251. The van der Waals surface area contributed by atoms with Gasteiger partial charge in [-0.15, -0.1) is 0 Å². The van der Waals surface area contributed by atoms with Gasteiger partial charge in [-0.3, -0.25) is 10.1 Å². The Morgan fingerprint density at radius 2 is 1.65 bits per heavy atom. The minimum atomic E-state index is -3.24. The van der Waals surface area contributed by atoms with E-state index in [0.29, 0.717) is 6.54 Å². The molecule has 0 aliphatic heterocycles. The zero-order chi connectivity index (χ0) is 24.3. The molecule has 0 amide bonds. The van der Waals surface area contributed by atoms with E-state index in [-0.39, 0.29) is 16.6 Å². The van der Waals surface area contributed by atoms with Gasteiger partial charge in [-0.05, 0) is 48.9 Å².